The second kappa shape index (κ2) is 16.8. The van der Waals surface area contributed by atoms with E-state index in [9.17, 15) is 57.5 Å². The third-order valence-corrected chi connectivity index (χ3v) is 9.05. The van der Waals surface area contributed by atoms with Gasteiger partial charge in [0.2, 0.25) is 0 Å². The van der Waals surface area contributed by atoms with Crippen LogP contribution in [0.25, 0.3) is 0 Å². The van der Waals surface area contributed by atoms with Gasteiger partial charge in [0, 0.05) is 17.7 Å². The maximum absolute atomic E-state index is 15.4. The maximum atomic E-state index is 15.4. The van der Waals surface area contributed by atoms with Gasteiger partial charge in [0.1, 0.15) is 52.7 Å². The molecule has 6 rings (SSSR count). The van der Waals surface area contributed by atoms with E-state index in [1.165, 1.54) is 5.56 Å². The molecule has 1 heterocycles. The Morgan fingerprint density at radius 2 is 0.607 bits per heavy atom. The van der Waals surface area contributed by atoms with Crippen LogP contribution in [0.2, 0.25) is 0 Å². The van der Waals surface area contributed by atoms with Crippen LogP contribution in [0.5, 0.6) is 0 Å². The van der Waals surface area contributed by atoms with Gasteiger partial charge < -0.3 is 5.11 Å². The molecule has 0 fully saturated rings. The van der Waals surface area contributed by atoms with Crippen LogP contribution in [-0.2, 0) is 6.54 Å². The molecule has 0 spiro atoms. The van der Waals surface area contributed by atoms with Crippen LogP contribution < -0.4 is 26.4 Å². The highest BCUT2D eigenvalue weighted by atomic mass is 19.2. The van der Waals surface area contributed by atoms with Crippen LogP contribution in [-0.4, -0.2) is 17.2 Å². The molecule has 0 aliphatic carbocycles. The predicted octanol–water partition coefficient (Wildman–Crippen LogP) is 7.57. The van der Waals surface area contributed by atoms with Crippen LogP contribution in [0, 0.1) is 116 Å². The lowest BCUT2D eigenvalue weighted by Gasteiger charge is -2.44. The van der Waals surface area contributed by atoms with Gasteiger partial charge in [-0.05, 0) is 0 Å². The van der Waals surface area contributed by atoms with Crippen molar-refractivity contribution in [1.82, 2.24) is 0 Å². The Kier molecular flexibility index (Phi) is 12.5. The van der Waals surface area contributed by atoms with E-state index in [2.05, 4.69) is 0 Å². The Labute approximate surface area is 325 Å². The lowest BCUT2D eigenvalue weighted by Crippen LogP contribution is -2.81. The van der Waals surface area contributed by atoms with Crippen LogP contribution in [0.1, 0.15) is 15.9 Å². The summed E-state index contributed by atoms with van der Waals surface area (Å²) in [7, 11) is 0. The molecule has 1 N–H and O–H groups in total. The molecule has 6 aromatic rings. The number of hydrogen-bond donors (Lipinski definition) is 1. The van der Waals surface area contributed by atoms with Gasteiger partial charge in [-0.2, -0.15) is 0 Å². The standard InChI is InChI=1S/C24BF20.C13H11NO2/c26-5-1(6(27)14(35)21(42)13(5)34)25(2-7(28)15(36)22(43)16(37)8(2)29,3-9(30)17(38)23(44)18(39)10(3)31)4-11(32)19(40)24(45)20(41)12(4)33;15-13(16)12-6-8-14(9-7-12)10-11-4-2-1-3-5-11/h;1-9H,10H2/q-1;/p+1. The van der Waals surface area contributed by atoms with Crippen molar-refractivity contribution >= 4 is 34.0 Å². The summed E-state index contributed by atoms with van der Waals surface area (Å²) >= 11 is 0. The van der Waals surface area contributed by atoms with Gasteiger partial charge in [0.15, 0.2) is 88.7 Å². The molecule has 1 aromatic heterocycles. The number of aromatic nitrogens is 1. The van der Waals surface area contributed by atoms with Gasteiger partial charge in [-0.1, -0.05) is 30.3 Å². The van der Waals surface area contributed by atoms with E-state index in [0.717, 1.165) is 6.54 Å². The molecular weight excluding hydrogens is 881 g/mol. The Morgan fingerprint density at radius 1 is 0.377 bits per heavy atom. The first kappa shape index (κ1) is 45.5. The second-order valence-corrected chi connectivity index (χ2v) is 12.4. The van der Waals surface area contributed by atoms with Gasteiger partial charge in [-0.25, -0.2) is 97.2 Å². The summed E-state index contributed by atoms with van der Waals surface area (Å²) in [6.45, 7) is 0.751. The van der Waals surface area contributed by atoms with E-state index in [1.807, 2.05) is 34.9 Å². The number of halogens is 20. The molecule has 0 aliphatic heterocycles. The van der Waals surface area contributed by atoms with Crippen molar-refractivity contribution in [2.45, 2.75) is 6.54 Å². The fraction of sp³-hybridized carbons (Fsp3) is 0.0270. The number of carbonyl (C=O) groups is 1. The summed E-state index contributed by atoms with van der Waals surface area (Å²) in [5.41, 5.74) is -12.8. The highest BCUT2D eigenvalue weighted by molar-refractivity contribution is 7.20. The largest absolute Gasteiger partial charge is 0.478 e. The highest BCUT2D eigenvalue weighted by Gasteiger charge is 2.52. The minimum absolute atomic E-state index is 0.310. The van der Waals surface area contributed by atoms with Crippen molar-refractivity contribution in [1.29, 1.82) is 0 Å². The summed E-state index contributed by atoms with van der Waals surface area (Å²) in [4.78, 5) is 10.7. The van der Waals surface area contributed by atoms with E-state index in [1.54, 1.807) is 24.5 Å². The average Bonchev–Trinajstić information content (AvgIpc) is 3.24. The Hall–Kier alpha value is -6.62. The normalized spacial score (nSPS) is 11.5. The summed E-state index contributed by atoms with van der Waals surface area (Å²) in [6.07, 6.45) is -3.67. The first-order chi connectivity index (χ1) is 28.5. The molecular formula is C37H12BF20NO2. The van der Waals surface area contributed by atoms with E-state index < -0.39 is 150 Å². The monoisotopic (exact) mass is 893 g/mol. The SMILES string of the molecule is Fc1c(F)c(F)c([B-](c2c(F)c(F)c(F)c(F)c2F)(c2c(F)c(F)c(F)c(F)c2F)c2c(F)c(F)c(F)c(F)c2F)c(F)c1F.O=C(O)c1cc[n+](Cc2ccccc2)cc1. The van der Waals surface area contributed by atoms with Gasteiger partial charge in [0.25, 0.3) is 0 Å². The molecule has 3 nitrogen and oxygen atoms in total. The lowest BCUT2D eigenvalue weighted by molar-refractivity contribution is -0.688. The molecule has 0 unspecified atom stereocenters. The van der Waals surface area contributed by atoms with Gasteiger partial charge in [-0.15, -0.1) is 21.9 Å². The molecule has 61 heavy (non-hydrogen) atoms. The zero-order valence-electron chi connectivity index (χ0n) is 28.8. The highest BCUT2D eigenvalue weighted by Crippen LogP contribution is 2.30. The molecule has 0 saturated heterocycles. The quantitative estimate of drug-likeness (QED) is 0.0592. The number of carboxylic acid groups (broad SMARTS) is 1. The van der Waals surface area contributed by atoms with E-state index in [-0.39, 0.29) is 0 Å². The molecule has 5 aromatic carbocycles. The van der Waals surface area contributed by atoms with Gasteiger partial charge in [-0.3, -0.25) is 0 Å². The minimum Gasteiger partial charge on any atom is -0.478 e. The van der Waals surface area contributed by atoms with Crippen LogP contribution >= 0.6 is 0 Å². The Bertz CT molecular complexity index is 2370. The zero-order valence-corrected chi connectivity index (χ0v) is 28.8. The minimum atomic E-state index is -7.22. The van der Waals surface area contributed by atoms with Gasteiger partial charge >= 0.3 is 5.97 Å². The number of aromatic carboxylic acids is 1. The van der Waals surface area contributed by atoms with Crippen LogP contribution in [0.4, 0.5) is 87.8 Å². The van der Waals surface area contributed by atoms with Crippen molar-refractivity contribution < 1.29 is 102 Å². The summed E-state index contributed by atoms with van der Waals surface area (Å²) < 4.78 is 296. The summed E-state index contributed by atoms with van der Waals surface area (Å²) in [5.74, 6) is -72.3. The first-order valence-corrected chi connectivity index (χ1v) is 16.0. The number of nitrogens with zero attached hydrogens (tertiary/aromatic N) is 1. The van der Waals surface area contributed by atoms with Crippen molar-refractivity contribution in [2.75, 3.05) is 0 Å². The molecule has 0 bridgehead atoms. The van der Waals surface area contributed by atoms with Crippen LogP contribution in [0.3, 0.4) is 0 Å². The number of carboxylic acids is 1. The van der Waals surface area contributed by atoms with E-state index in [0.29, 0.717) is 5.56 Å². The first-order valence-electron chi connectivity index (χ1n) is 16.0. The van der Waals surface area contributed by atoms with Crippen molar-refractivity contribution in [3.05, 3.63) is 182 Å². The molecule has 0 amide bonds. The fourth-order valence-electron chi connectivity index (χ4n) is 6.37. The smallest absolute Gasteiger partial charge is 0.336 e. The van der Waals surface area contributed by atoms with Crippen molar-refractivity contribution in [3.8, 4) is 0 Å². The van der Waals surface area contributed by atoms with Crippen molar-refractivity contribution in [2.24, 2.45) is 0 Å². The van der Waals surface area contributed by atoms with Crippen molar-refractivity contribution in [3.63, 3.8) is 0 Å². The third-order valence-electron chi connectivity index (χ3n) is 9.05. The second-order valence-electron chi connectivity index (χ2n) is 12.4. The zero-order chi connectivity index (χ0) is 45.7. The van der Waals surface area contributed by atoms with E-state index in [4.69, 9.17) is 5.11 Å². The summed E-state index contributed by atoms with van der Waals surface area (Å²) in [5, 5.41) is 8.76. The number of pyridine rings is 1. The summed E-state index contributed by atoms with van der Waals surface area (Å²) in [6, 6.07) is 13.2. The maximum Gasteiger partial charge on any atom is 0.336 e. The molecule has 320 valence electrons. The Balaban J connectivity index is 0.000000366. The fourth-order valence-corrected chi connectivity index (χ4v) is 6.37. The molecule has 24 heteroatoms. The number of benzene rings is 5. The van der Waals surface area contributed by atoms with E-state index >= 15 is 35.1 Å². The lowest BCUT2D eigenvalue weighted by atomic mass is 9.12. The van der Waals surface area contributed by atoms with Crippen LogP contribution in [0.15, 0.2) is 54.9 Å². The van der Waals surface area contributed by atoms with Gasteiger partial charge in [0.05, 0.1) is 5.56 Å². The molecule has 0 atom stereocenters. The Morgan fingerprint density at radius 3 is 0.836 bits per heavy atom. The molecule has 0 saturated carbocycles. The predicted molar refractivity (Wildman–Crippen MR) is 168 cm³/mol. The molecule has 0 aliphatic rings. The number of rotatable bonds is 7. The third kappa shape index (κ3) is 7.26. The molecule has 0 radical (unpaired) electrons. The topological polar surface area (TPSA) is 41.2 Å². The average molecular weight is 893 g/mol. The number of hydrogen-bond acceptors (Lipinski definition) is 1.